The summed E-state index contributed by atoms with van der Waals surface area (Å²) in [5.41, 5.74) is 0.668. The molecule has 0 spiro atoms. The first-order valence-electron chi connectivity index (χ1n) is 9.37. The van der Waals surface area contributed by atoms with E-state index in [4.69, 9.17) is 4.74 Å². The fourth-order valence-electron chi connectivity index (χ4n) is 3.65. The number of imide groups is 1. The molecule has 6 heteroatoms. The minimum Gasteiger partial charge on any atom is -0.493 e. The Morgan fingerprint density at radius 3 is 2.62 bits per heavy atom. The Morgan fingerprint density at radius 2 is 1.85 bits per heavy atom. The van der Waals surface area contributed by atoms with Crippen LogP contribution in [0.3, 0.4) is 0 Å². The molecule has 0 aromatic heterocycles. The van der Waals surface area contributed by atoms with Gasteiger partial charge in [0.15, 0.2) is 5.78 Å². The monoisotopic (exact) mass is 421 g/mol. The Morgan fingerprint density at radius 1 is 1.04 bits per heavy atom. The highest BCUT2D eigenvalue weighted by Gasteiger charge is 2.44. The van der Waals surface area contributed by atoms with Gasteiger partial charge in [0.25, 0.3) is 11.8 Å². The minimum absolute atomic E-state index is 0.0139. The zero-order chi connectivity index (χ0) is 18.5. The van der Waals surface area contributed by atoms with E-state index in [2.05, 4.69) is 15.9 Å². The quantitative estimate of drug-likeness (QED) is 0.359. The maximum absolute atomic E-state index is 12.9. The van der Waals surface area contributed by atoms with Gasteiger partial charge in [-0.15, -0.1) is 0 Å². The van der Waals surface area contributed by atoms with Gasteiger partial charge in [0.05, 0.1) is 23.8 Å². The van der Waals surface area contributed by atoms with Crippen LogP contribution in [0.25, 0.3) is 0 Å². The normalized spacial score (nSPS) is 19.8. The minimum atomic E-state index is -0.617. The fraction of sp³-hybridized carbons (Fsp3) is 0.550. The molecule has 1 aliphatic heterocycles. The third-order valence-electron chi connectivity index (χ3n) is 5.03. The molecule has 1 fully saturated rings. The maximum Gasteiger partial charge on any atom is 0.266 e. The Labute approximate surface area is 162 Å². The highest BCUT2D eigenvalue weighted by atomic mass is 79.9. The molecule has 2 amide bonds. The van der Waals surface area contributed by atoms with E-state index in [9.17, 15) is 14.4 Å². The summed E-state index contributed by atoms with van der Waals surface area (Å²) in [5.74, 6) is -0.319. The predicted octanol–water partition coefficient (Wildman–Crippen LogP) is 4.13. The molecule has 0 bridgehead atoms. The van der Waals surface area contributed by atoms with E-state index < -0.39 is 6.04 Å². The van der Waals surface area contributed by atoms with E-state index >= 15 is 0 Å². The van der Waals surface area contributed by atoms with E-state index in [1.807, 2.05) is 0 Å². The number of halogens is 1. The van der Waals surface area contributed by atoms with E-state index in [1.54, 1.807) is 18.2 Å². The van der Waals surface area contributed by atoms with Gasteiger partial charge in [-0.2, -0.15) is 0 Å². The molecule has 2 aliphatic rings. The molecular weight excluding hydrogens is 398 g/mol. The van der Waals surface area contributed by atoms with Crippen molar-refractivity contribution in [3.05, 3.63) is 29.3 Å². The lowest BCUT2D eigenvalue weighted by Gasteiger charge is -2.28. The summed E-state index contributed by atoms with van der Waals surface area (Å²) < 4.78 is 5.81. The van der Waals surface area contributed by atoms with Crippen LogP contribution in [-0.4, -0.2) is 40.5 Å². The van der Waals surface area contributed by atoms with Crippen molar-refractivity contribution in [3.8, 4) is 5.75 Å². The molecule has 0 saturated heterocycles. The van der Waals surface area contributed by atoms with Crippen LogP contribution in [0.15, 0.2) is 18.2 Å². The van der Waals surface area contributed by atoms with Gasteiger partial charge in [-0.25, -0.2) is 0 Å². The summed E-state index contributed by atoms with van der Waals surface area (Å²) in [6, 6.07) is 4.49. The number of nitrogens with zero attached hydrogens (tertiary/aromatic N) is 1. The Balaban J connectivity index is 1.71. The summed E-state index contributed by atoms with van der Waals surface area (Å²) >= 11 is 3.41. The van der Waals surface area contributed by atoms with E-state index in [0.717, 1.165) is 48.8 Å². The van der Waals surface area contributed by atoms with Gasteiger partial charge >= 0.3 is 0 Å². The highest BCUT2D eigenvalue weighted by molar-refractivity contribution is 9.09. The van der Waals surface area contributed by atoms with Crippen LogP contribution in [-0.2, 0) is 4.79 Å². The van der Waals surface area contributed by atoms with E-state index in [0.29, 0.717) is 36.3 Å². The predicted molar refractivity (Wildman–Crippen MR) is 102 cm³/mol. The van der Waals surface area contributed by atoms with Gasteiger partial charge in [0, 0.05) is 11.8 Å². The number of hydrogen-bond donors (Lipinski definition) is 0. The van der Waals surface area contributed by atoms with Crippen molar-refractivity contribution < 1.29 is 19.1 Å². The van der Waals surface area contributed by atoms with Crippen LogP contribution in [0.4, 0.5) is 0 Å². The van der Waals surface area contributed by atoms with Crippen LogP contribution in [0.2, 0.25) is 0 Å². The number of ketones is 1. The van der Waals surface area contributed by atoms with Crippen molar-refractivity contribution in [2.24, 2.45) is 0 Å². The molecule has 1 saturated carbocycles. The molecule has 26 heavy (non-hydrogen) atoms. The molecule has 1 atom stereocenters. The Hall–Kier alpha value is -1.69. The summed E-state index contributed by atoms with van der Waals surface area (Å²) in [4.78, 5) is 39.0. The van der Waals surface area contributed by atoms with Gasteiger partial charge in [-0.05, 0) is 37.8 Å². The van der Waals surface area contributed by atoms with Crippen molar-refractivity contribution in [2.45, 2.75) is 57.4 Å². The summed E-state index contributed by atoms with van der Waals surface area (Å²) in [6.45, 7) is 0.516. The first kappa shape index (κ1) is 19.1. The number of carbonyl (C=O) groups is 3. The van der Waals surface area contributed by atoms with Gasteiger partial charge in [0.2, 0.25) is 0 Å². The molecule has 1 aromatic carbocycles. The topological polar surface area (TPSA) is 63.7 Å². The number of hydrogen-bond acceptors (Lipinski definition) is 4. The number of amides is 2. The number of ether oxygens (including phenoxy) is 1. The molecule has 0 radical (unpaired) electrons. The molecule has 1 unspecified atom stereocenters. The fourth-order valence-corrected chi connectivity index (χ4v) is 4.04. The van der Waals surface area contributed by atoms with Crippen LogP contribution < -0.4 is 4.74 Å². The van der Waals surface area contributed by atoms with Crippen LogP contribution in [0, 0.1) is 0 Å². The standard InChI is InChI=1S/C20H24BrNO4/c21-12-5-1-2-6-13-26-17-11-7-8-14-18(17)20(25)22(19(14)24)15-9-3-4-10-16(15)23/h7-8,11,15H,1-6,9-10,12-13H2. The number of benzene rings is 1. The zero-order valence-electron chi connectivity index (χ0n) is 14.8. The van der Waals surface area contributed by atoms with Crippen molar-refractivity contribution in [1.82, 2.24) is 4.90 Å². The Kier molecular flexibility index (Phi) is 6.46. The number of alkyl halides is 1. The second kappa shape index (κ2) is 8.80. The average Bonchev–Trinajstić information content (AvgIpc) is 2.90. The first-order valence-corrected chi connectivity index (χ1v) is 10.5. The molecule has 1 aliphatic carbocycles. The van der Waals surface area contributed by atoms with E-state index in [-0.39, 0.29) is 17.6 Å². The number of fused-ring (bicyclic) bond motifs is 1. The number of rotatable bonds is 8. The Bertz CT molecular complexity index is 703. The smallest absolute Gasteiger partial charge is 0.266 e. The van der Waals surface area contributed by atoms with Gasteiger partial charge in [0.1, 0.15) is 5.75 Å². The van der Waals surface area contributed by atoms with Crippen molar-refractivity contribution >= 4 is 33.5 Å². The second-order valence-corrected chi connectivity index (χ2v) is 7.63. The molecule has 140 valence electrons. The lowest BCUT2D eigenvalue weighted by atomic mass is 9.93. The summed E-state index contributed by atoms with van der Waals surface area (Å²) in [7, 11) is 0. The van der Waals surface area contributed by atoms with Crippen LogP contribution in [0.1, 0.15) is 72.1 Å². The van der Waals surface area contributed by atoms with Crippen LogP contribution in [0.5, 0.6) is 5.75 Å². The van der Waals surface area contributed by atoms with Crippen molar-refractivity contribution in [3.63, 3.8) is 0 Å². The van der Waals surface area contributed by atoms with Gasteiger partial charge < -0.3 is 4.74 Å². The summed E-state index contributed by atoms with van der Waals surface area (Å²) in [5, 5.41) is 1.01. The maximum atomic E-state index is 12.9. The van der Waals surface area contributed by atoms with Crippen LogP contribution >= 0.6 is 15.9 Å². The second-order valence-electron chi connectivity index (χ2n) is 6.84. The molecule has 0 N–H and O–H groups in total. The van der Waals surface area contributed by atoms with Crippen molar-refractivity contribution in [2.75, 3.05) is 11.9 Å². The molecule has 1 heterocycles. The zero-order valence-corrected chi connectivity index (χ0v) is 16.4. The van der Waals surface area contributed by atoms with Crippen molar-refractivity contribution in [1.29, 1.82) is 0 Å². The first-order chi connectivity index (χ1) is 12.6. The molecular formula is C20H24BrNO4. The largest absolute Gasteiger partial charge is 0.493 e. The van der Waals surface area contributed by atoms with E-state index in [1.165, 1.54) is 0 Å². The summed E-state index contributed by atoms with van der Waals surface area (Å²) in [6.07, 6.45) is 6.95. The van der Waals surface area contributed by atoms with Gasteiger partial charge in [-0.3, -0.25) is 19.3 Å². The highest BCUT2D eigenvalue weighted by Crippen LogP contribution is 2.34. The number of carbonyl (C=O) groups excluding carboxylic acids is 3. The number of Topliss-reactive ketones (excluding diaryl/α,β-unsaturated/α-hetero) is 1. The third kappa shape index (κ3) is 3.85. The lowest BCUT2D eigenvalue weighted by molar-refractivity contribution is -0.124. The average molecular weight is 422 g/mol. The molecule has 1 aromatic rings. The molecule has 5 nitrogen and oxygen atoms in total. The van der Waals surface area contributed by atoms with Gasteiger partial charge in [-0.1, -0.05) is 41.3 Å². The SMILES string of the molecule is O=C1CCCCC1N1C(=O)c2cccc(OCCCCCCBr)c2C1=O. The third-order valence-corrected chi connectivity index (χ3v) is 5.59. The lowest BCUT2D eigenvalue weighted by Crippen LogP contribution is -2.46. The number of unbranched alkanes of at least 4 members (excludes halogenated alkanes) is 3. The molecule has 3 rings (SSSR count).